The Morgan fingerprint density at radius 2 is 2.24 bits per heavy atom. The minimum Gasteiger partial charge on any atom is -0.348 e. The van der Waals surface area contributed by atoms with Crippen molar-refractivity contribution in [1.82, 2.24) is 10.3 Å². The van der Waals surface area contributed by atoms with Gasteiger partial charge < -0.3 is 5.32 Å². The van der Waals surface area contributed by atoms with Gasteiger partial charge in [0, 0.05) is 17.6 Å². The Morgan fingerprint density at radius 1 is 1.53 bits per heavy atom. The van der Waals surface area contributed by atoms with E-state index in [-0.39, 0.29) is 11.9 Å². The topological polar surface area (TPSA) is 42.0 Å². The number of halogens is 2. The summed E-state index contributed by atoms with van der Waals surface area (Å²) in [4.78, 5) is 15.9. The van der Waals surface area contributed by atoms with Gasteiger partial charge in [-0.15, -0.1) is 0 Å². The molecule has 0 fully saturated rings. The number of aromatic nitrogens is 1. The summed E-state index contributed by atoms with van der Waals surface area (Å²) >= 11 is 9.11. The molecule has 3 nitrogen and oxygen atoms in total. The Labute approximate surface area is 115 Å². The number of rotatable bonds is 5. The third-order valence-corrected chi connectivity index (χ3v) is 3.18. The summed E-state index contributed by atoms with van der Waals surface area (Å²) in [7, 11) is 0. The Hall–Kier alpha value is -0.610. The molecule has 0 bridgehead atoms. The first-order chi connectivity index (χ1) is 8.04. The van der Waals surface area contributed by atoms with E-state index in [2.05, 4.69) is 40.1 Å². The van der Waals surface area contributed by atoms with Crippen molar-refractivity contribution in [2.45, 2.75) is 26.3 Å². The predicted octanol–water partition coefficient (Wildman–Crippen LogP) is 3.27. The molecule has 0 saturated heterocycles. The van der Waals surface area contributed by atoms with Crippen LogP contribution < -0.4 is 5.32 Å². The second kappa shape index (κ2) is 6.97. The van der Waals surface area contributed by atoms with Gasteiger partial charge in [-0.3, -0.25) is 4.79 Å². The number of alkyl halides is 1. The average molecular weight is 320 g/mol. The van der Waals surface area contributed by atoms with Gasteiger partial charge in [-0.2, -0.15) is 0 Å². The third-order valence-electron chi connectivity index (χ3n) is 2.50. The molecule has 1 unspecified atom stereocenters. The fraction of sp³-hybridized carbons (Fsp3) is 0.500. The Morgan fingerprint density at radius 3 is 2.71 bits per heavy atom. The molecule has 1 atom stereocenters. The summed E-state index contributed by atoms with van der Waals surface area (Å²) in [5, 5.41) is 4.37. The Bertz CT molecular complexity index is 367. The standard InChI is InChI=1S/C12H16BrClN2O/c1-8(2)10(5-6-13)16-12(17)11-4-3-9(14)7-15-11/h3-4,7-8,10H,5-6H2,1-2H3,(H,16,17). The quantitative estimate of drug-likeness (QED) is 0.846. The molecule has 0 saturated carbocycles. The van der Waals surface area contributed by atoms with E-state index >= 15 is 0 Å². The molecule has 1 aromatic rings. The van der Waals surface area contributed by atoms with Crippen molar-refractivity contribution in [2.75, 3.05) is 5.33 Å². The number of nitrogens with zero attached hydrogens (tertiary/aromatic N) is 1. The molecule has 0 spiro atoms. The van der Waals surface area contributed by atoms with Crippen molar-refractivity contribution in [3.8, 4) is 0 Å². The molecule has 17 heavy (non-hydrogen) atoms. The largest absolute Gasteiger partial charge is 0.348 e. The molecule has 0 radical (unpaired) electrons. The second-order valence-electron chi connectivity index (χ2n) is 4.16. The number of hydrogen-bond acceptors (Lipinski definition) is 2. The van der Waals surface area contributed by atoms with Crippen LogP contribution in [-0.4, -0.2) is 22.3 Å². The number of carbonyl (C=O) groups is 1. The van der Waals surface area contributed by atoms with Gasteiger partial charge in [0.25, 0.3) is 5.91 Å². The summed E-state index contributed by atoms with van der Waals surface area (Å²) in [5.74, 6) is 0.241. The molecule has 1 N–H and O–H groups in total. The molecule has 1 heterocycles. The van der Waals surface area contributed by atoms with Gasteiger partial charge in [0.05, 0.1) is 5.02 Å². The van der Waals surface area contributed by atoms with Crippen molar-refractivity contribution in [1.29, 1.82) is 0 Å². The van der Waals surface area contributed by atoms with Crippen LogP contribution in [0.2, 0.25) is 5.02 Å². The van der Waals surface area contributed by atoms with E-state index in [9.17, 15) is 4.79 Å². The maximum Gasteiger partial charge on any atom is 0.270 e. The van der Waals surface area contributed by atoms with Gasteiger partial charge >= 0.3 is 0 Å². The molecule has 0 aliphatic carbocycles. The zero-order chi connectivity index (χ0) is 12.8. The molecule has 1 rings (SSSR count). The first-order valence-electron chi connectivity index (χ1n) is 5.53. The maximum absolute atomic E-state index is 11.9. The molecule has 1 amide bonds. The van der Waals surface area contributed by atoms with E-state index in [1.165, 1.54) is 6.20 Å². The van der Waals surface area contributed by atoms with Crippen LogP contribution >= 0.6 is 27.5 Å². The molecular weight excluding hydrogens is 304 g/mol. The van der Waals surface area contributed by atoms with Crippen LogP contribution in [0.25, 0.3) is 0 Å². The van der Waals surface area contributed by atoms with Crippen LogP contribution in [0.4, 0.5) is 0 Å². The lowest BCUT2D eigenvalue weighted by molar-refractivity contribution is 0.0920. The van der Waals surface area contributed by atoms with Crippen LogP contribution in [-0.2, 0) is 0 Å². The van der Waals surface area contributed by atoms with Crippen molar-refractivity contribution in [2.24, 2.45) is 5.92 Å². The Balaban J connectivity index is 2.66. The summed E-state index contributed by atoms with van der Waals surface area (Å²) < 4.78 is 0. The highest BCUT2D eigenvalue weighted by molar-refractivity contribution is 9.09. The Kier molecular flexibility index (Phi) is 5.92. The highest BCUT2D eigenvalue weighted by atomic mass is 79.9. The van der Waals surface area contributed by atoms with E-state index in [0.717, 1.165) is 11.8 Å². The van der Waals surface area contributed by atoms with Gasteiger partial charge in [-0.25, -0.2) is 4.98 Å². The van der Waals surface area contributed by atoms with Crippen molar-refractivity contribution in [3.05, 3.63) is 29.0 Å². The summed E-state index contributed by atoms with van der Waals surface area (Å²) in [6.45, 7) is 4.17. The molecule has 5 heteroatoms. The highest BCUT2D eigenvalue weighted by Gasteiger charge is 2.17. The molecule has 1 aromatic heterocycles. The van der Waals surface area contributed by atoms with E-state index in [0.29, 0.717) is 16.6 Å². The highest BCUT2D eigenvalue weighted by Crippen LogP contribution is 2.10. The molecule has 0 aliphatic rings. The van der Waals surface area contributed by atoms with E-state index in [1.807, 2.05) is 0 Å². The predicted molar refractivity (Wildman–Crippen MR) is 73.8 cm³/mol. The zero-order valence-electron chi connectivity index (χ0n) is 9.91. The normalized spacial score (nSPS) is 12.5. The lowest BCUT2D eigenvalue weighted by Gasteiger charge is -2.21. The number of pyridine rings is 1. The van der Waals surface area contributed by atoms with Crippen LogP contribution in [0.3, 0.4) is 0 Å². The van der Waals surface area contributed by atoms with Gasteiger partial charge in [0.15, 0.2) is 0 Å². The minimum atomic E-state index is -0.152. The monoisotopic (exact) mass is 318 g/mol. The van der Waals surface area contributed by atoms with Crippen LogP contribution in [0.5, 0.6) is 0 Å². The number of amides is 1. The first-order valence-corrected chi connectivity index (χ1v) is 7.03. The van der Waals surface area contributed by atoms with Gasteiger partial charge in [-0.1, -0.05) is 41.4 Å². The summed E-state index contributed by atoms with van der Waals surface area (Å²) in [5.41, 5.74) is 0.398. The lowest BCUT2D eigenvalue weighted by atomic mass is 10.0. The summed E-state index contributed by atoms with van der Waals surface area (Å²) in [6, 6.07) is 3.45. The van der Waals surface area contributed by atoms with E-state index < -0.39 is 0 Å². The van der Waals surface area contributed by atoms with Crippen LogP contribution in [0.15, 0.2) is 18.3 Å². The molecule has 0 aromatic carbocycles. The number of hydrogen-bond donors (Lipinski definition) is 1. The molecule has 94 valence electrons. The maximum atomic E-state index is 11.9. The van der Waals surface area contributed by atoms with Gasteiger partial charge in [0.1, 0.15) is 5.69 Å². The van der Waals surface area contributed by atoms with E-state index in [1.54, 1.807) is 12.1 Å². The number of nitrogens with one attached hydrogen (secondary N) is 1. The average Bonchev–Trinajstić information content (AvgIpc) is 2.29. The number of carbonyl (C=O) groups excluding carboxylic acids is 1. The summed E-state index contributed by atoms with van der Waals surface area (Å²) in [6.07, 6.45) is 2.38. The smallest absolute Gasteiger partial charge is 0.270 e. The fourth-order valence-electron chi connectivity index (χ4n) is 1.44. The van der Waals surface area contributed by atoms with E-state index in [4.69, 9.17) is 11.6 Å². The van der Waals surface area contributed by atoms with Crippen molar-refractivity contribution >= 4 is 33.4 Å². The second-order valence-corrected chi connectivity index (χ2v) is 5.39. The van der Waals surface area contributed by atoms with Crippen LogP contribution in [0.1, 0.15) is 30.8 Å². The first kappa shape index (κ1) is 14.5. The minimum absolute atomic E-state index is 0.152. The van der Waals surface area contributed by atoms with Gasteiger partial charge in [-0.05, 0) is 24.5 Å². The lowest BCUT2D eigenvalue weighted by Crippen LogP contribution is -2.39. The van der Waals surface area contributed by atoms with Crippen molar-refractivity contribution < 1.29 is 4.79 Å². The fourth-order valence-corrected chi connectivity index (χ4v) is 2.05. The zero-order valence-corrected chi connectivity index (χ0v) is 12.3. The molecular formula is C12H16BrClN2O. The van der Waals surface area contributed by atoms with Crippen molar-refractivity contribution in [3.63, 3.8) is 0 Å². The van der Waals surface area contributed by atoms with Crippen LogP contribution in [0, 0.1) is 5.92 Å². The molecule has 0 aliphatic heterocycles. The third kappa shape index (κ3) is 4.64. The van der Waals surface area contributed by atoms with Gasteiger partial charge in [0.2, 0.25) is 0 Å². The SMILES string of the molecule is CC(C)C(CCBr)NC(=O)c1ccc(Cl)cn1.